The highest BCUT2D eigenvalue weighted by atomic mass is 16.5. The molecule has 1 saturated carbocycles. The first-order valence-electron chi connectivity index (χ1n) is 8.95. The van der Waals surface area contributed by atoms with Gasteiger partial charge in [-0.05, 0) is 43.6 Å². The van der Waals surface area contributed by atoms with Crippen molar-refractivity contribution in [3.8, 4) is 11.5 Å². The van der Waals surface area contributed by atoms with E-state index in [4.69, 9.17) is 4.52 Å². The van der Waals surface area contributed by atoms with Crippen LogP contribution in [-0.2, 0) is 6.54 Å². The van der Waals surface area contributed by atoms with Gasteiger partial charge >= 0.3 is 0 Å². The maximum absolute atomic E-state index is 5.50. The SMILES string of the molecule is CCN(CC)Cc1ccc(-c2nc(C3CCCCC3)no2)cc1. The molecule has 1 aliphatic rings. The number of rotatable bonds is 6. The molecule has 1 fully saturated rings. The molecule has 4 heteroatoms. The molecule has 0 atom stereocenters. The number of hydrogen-bond acceptors (Lipinski definition) is 4. The van der Waals surface area contributed by atoms with Crippen LogP contribution in [0.15, 0.2) is 28.8 Å². The van der Waals surface area contributed by atoms with Crippen LogP contribution < -0.4 is 0 Å². The Morgan fingerprint density at radius 1 is 1.04 bits per heavy atom. The van der Waals surface area contributed by atoms with E-state index in [1.165, 1.54) is 37.7 Å². The average Bonchev–Trinajstić information content (AvgIpc) is 3.11. The fourth-order valence-corrected chi connectivity index (χ4v) is 3.34. The third-order valence-electron chi connectivity index (χ3n) is 4.91. The van der Waals surface area contributed by atoms with E-state index in [0.717, 1.165) is 31.0 Å². The molecule has 0 amide bonds. The number of nitrogens with zero attached hydrogens (tertiary/aromatic N) is 3. The first-order valence-corrected chi connectivity index (χ1v) is 8.95. The van der Waals surface area contributed by atoms with Gasteiger partial charge in [0.2, 0.25) is 0 Å². The van der Waals surface area contributed by atoms with E-state index in [0.29, 0.717) is 11.8 Å². The summed E-state index contributed by atoms with van der Waals surface area (Å²) in [6.45, 7) is 7.54. The molecule has 0 bridgehead atoms. The molecule has 0 saturated heterocycles. The second kappa shape index (κ2) is 7.73. The minimum atomic E-state index is 0.489. The molecule has 1 aliphatic carbocycles. The first-order chi connectivity index (χ1) is 11.3. The van der Waals surface area contributed by atoms with Crippen molar-refractivity contribution in [2.24, 2.45) is 0 Å². The van der Waals surface area contributed by atoms with E-state index >= 15 is 0 Å². The van der Waals surface area contributed by atoms with Crippen LogP contribution in [0.25, 0.3) is 11.5 Å². The van der Waals surface area contributed by atoms with Crippen molar-refractivity contribution in [1.29, 1.82) is 0 Å². The lowest BCUT2D eigenvalue weighted by molar-refractivity contribution is 0.296. The Morgan fingerprint density at radius 2 is 1.74 bits per heavy atom. The standard InChI is InChI=1S/C19H27N3O/c1-3-22(4-2)14-15-10-12-17(13-11-15)19-20-18(21-23-19)16-8-6-5-7-9-16/h10-13,16H,3-9,14H2,1-2H3. The van der Waals surface area contributed by atoms with Gasteiger partial charge in [-0.15, -0.1) is 0 Å². The average molecular weight is 313 g/mol. The zero-order valence-corrected chi connectivity index (χ0v) is 14.3. The summed E-state index contributed by atoms with van der Waals surface area (Å²) in [6.07, 6.45) is 6.31. The molecule has 1 aromatic heterocycles. The van der Waals surface area contributed by atoms with Gasteiger partial charge in [0.1, 0.15) is 0 Å². The quantitative estimate of drug-likeness (QED) is 0.780. The molecule has 4 nitrogen and oxygen atoms in total. The van der Waals surface area contributed by atoms with E-state index in [2.05, 4.69) is 53.2 Å². The fourth-order valence-electron chi connectivity index (χ4n) is 3.34. The predicted octanol–water partition coefficient (Wildman–Crippen LogP) is 4.63. The van der Waals surface area contributed by atoms with Crippen LogP contribution in [0.3, 0.4) is 0 Å². The summed E-state index contributed by atoms with van der Waals surface area (Å²) < 4.78 is 5.50. The maximum Gasteiger partial charge on any atom is 0.257 e. The van der Waals surface area contributed by atoms with Crippen molar-refractivity contribution in [3.05, 3.63) is 35.7 Å². The highest BCUT2D eigenvalue weighted by Gasteiger charge is 2.21. The molecule has 0 unspecified atom stereocenters. The lowest BCUT2D eigenvalue weighted by atomic mass is 9.89. The second-order valence-corrected chi connectivity index (χ2v) is 6.45. The van der Waals surface area contributed by atoms with Gasteiger partial charge in [0.15, 0.2) is 5.82 Å². The van der Waals surface area contributed by atoms with E-state index in [1.807, 2.05) is 0 Å². The Labute approximate surface area is 138 Å². The van der Waals surface area contributed by atoms with Crippen molar-refractivity contribution >= 4 is 0 Å². The van der Waals surface area contributed by atoms with Gasteiger partial charge in [-0.2, -0.15) is 4.98 Å². The zero-order chi connectivity index (χ0) is 16.1. The monoisotopic (exact) mass is 313 g/mol. The van der Waals surface area contributed by atoms with Gasteiger partial charge in [0.25, 0.3) is 5.89 Å². The summed E-state index contributed by atoms with van der Waals surface area (Å²) in [7, 11) is 0. The van der Waals surface area contributed by atoms with Gasteiger partial charge in [-0.25, -0.2) is 0 Å². The minimum absolute atomic E-state index is 0.489. The zero-order valence-electron chi connectivity index (χ0n) is 14.3. The lowest BCUT2D eigenvalue weighted by Crippen LogP contribution is -2.21. The highest BCUT2D eigenvalue weighted by molar-refractivity contribution is 5.53. The molecule has 2 aromatic rings. The smallest absolute Gasteiger partial charge is 0.257 e. The van der Waals surface area contributed by atoms with Crippen molar-refractivity contribution < 1.29 is 4.52 Å². The third-order valence-corrected chi connectivity index (χ3v) is 4.91. The lowest BCUT2D eigenvalue weighted by Gasteiger charge is -2.18. The van der Waals surface area contributed by atoms with Crippen molar-refractivity contribution in [2.45, 2.75) is 58.4 Å². The summed E-state index contributed by atoms with van der Waals surface area (Å²) in [4.78, 5) is 7.04. The van der Waals surface area contributed by atoms with Crippen molar-refractivity contribution in [1.82, 2.24) is 15.0 Å². The molecule has 0 radical (unpaired) electrons. The summed E-state index contributed by atoms with van der Waals surface area (Å²) in [6, 6.07) is 8.52. The Morgan fingerprint density at radius 3 is 2.39 bits per heavy atom. The van der Waals surface area contributed by atoms with Crippen LogP contribution >= 0.6 is 0 Å². The summed E-state index contributed by atoms with van der Waals surface area (Å²) >= 11 is 0. The number of hydrogen-bond donors (Lipinski definition) is 0. The Bertz CT molecular complexity index is 595. The molecule has 23 heavy (non-hydrogen) atoms. The maximum atomic E-state index is 5.50. The minimum Gasteiger partial charge on any atom is -0.334 e. The molecule has 124 valence electrons. The Balaban J connectivity index is 1.68. The number of aromatic nitrogens is 2. The van der Waals surface area contributed by atoms with Gasteiger partial charge in [0, 0.05) is 18.0 Å². The molecule has 0 spiro atoms. The summed E-state index contributed by atoms with van der Waals surface area (Å²) in [5, 5.41) is 4.22. The van der Waals surface area contributed by atoms with Crippen LogP contribution in [0.5, 0.6) is 0 Å². The first kappa shape index (κ1) is 16.2. The van der Waals surface area contributed by atoms with Gasteiger partial charge in [-0.1, -0.05) is 50.4 Å². The highest BCUT2D eigenvalue weighted by Crippen LogP contribution is 2.32. The molecule has 0 aliphatic heterocycles. The van der Waals surface area contributed by atoms with Gasteiger partial charge in [-0.3, -0.25) is 4.90 Å². The topological polar surface area (TPSA) is 42.2 Å². The van der Waals surface area contributed by atoms with Gasteiger partial charge < -0.3 is 4.52 Å². The molecule has 0 N–H and O–H groups in total. The van der Waals surface area contributed by atoms with Crippen LogP contribution in [-0.4, -0.2) is 28.1 Å². The molecular weight excluding hydrogens is 286 g/mol. The normalized spacial score (nSPS) is 16.1. The van der Waals surface area contributed by atoms with Crippen LogP contribution in [0.2, 0.25) is 0 Å². The molecular formula is C19H27N3O. The Kier molecular flexibility index (Phi) is 5.44. The molecule has 3 rings (SSSR count). The van der Waals surface area contributed by atoms with Crippen molar-refractivity contribution in [2.75, 3.05) is 13.1 Å². The predicted molar refractivity (Wildman–Crippen MR) is 92.2 cm³/mol. The summed E-state index contributed by atoms with van der Waals surface area (Å²) in [5.41, 5.74) is 2.34. The second-order valence-electron chi connectivity index (χ2n) is 6.45. The fraction of sp³-hybridized carbons (Fsp3) is 0.579. The largest absolute Gasteiger partial charge is 0.334 e. The summed E-state index contributed by atoms with van der Waals surface area (Å²) in [5.74, 6) is 2.04. The van der Waals surface area contributed by atoms with E-state index < -0.39 is 0 Å². The molecule has 1 aromatic carbocycles. The van der Waals surface area contributed by atoms with Crippen LogP contribution in [0, 0.1) is 0 Å². The number of benzene rings is 1. The molecule has 1 heterocycles. The van der Waals surface area contributed by atoms with E-state index in [1.54, 1.807) is 0 Å². The van der Waals surface area contributed by atoms with Crippen molar-refractivity contribution in [3.63, 3.8) is 0 Å². The third kappa shape index (κ3) is 3.99. The Hall–Kier alpha value is -1.68. The van der Waals surface area contributed by atoms with E-state index in [-0.39, 0.29) is 0 Å². The van der Waals surface area contributed by atoms with E-state index in [9.17, 15) is 0 Å². The van der Waals surface area contributed by atoms with Crippen LogP contribution in [0.4, 0.5) is 0 Å². The van der Waals surface area contributed by atoms with Gasteiger partial charge in [0.05, 0.1) is 0 Å². The van der Waals surface area contributed by atoms with Crippen LogP contribution in [0.1, 0.15) is 63.3 Å².